The molecule has 0 aromatic heterocycles. The van der Waals surface area contributed by atoms with Gasteiger partial charge in [-0.2, -0.15) is 0 Å². The Labute approximate surface area is 234 Å². The molecule has 2 aromatic rings. The molecule has 0 saturated heterocycles. The smallest absolute Gasteiger partial charge is 0.408 e. The molecule has 0 aliphatic heterocycles. The van der Waals surface area contributed by atoms with E-state index in [0.717, 1.165) is 55.2 Å². The molecule has 0 bridgehead atoms. The molecule has 0 aliphatic carbocycles. The Hall–Kier alpha value is -3.35. The lowest BCUT2D eigenvalue weighted by molar-refractivity contribution is -0.140. The highest BCUT2D eigenvalue weighted by Crippen LogP contribution is 2.26. The van der Waals surface area contributed by atoms with Gasteiger partial charge in [-0.05, 0) is 70.2 Å². The summed E-state index contributed by atoms with van der Waals surface area (Å²) in [6, 6.07) is 13.7. The SMILES string of the molecule is CCCCCCCN(C(=O)C(C)NC(=O)OC(C)(C)C)C(C(=O)Nc1ccccc1C)c1ccc(CC)cc1. The molecular weight excluding hydrogens is 490 g/mol. The minimum Gasteiger partial charge on any atom is -0.444 e. The number of carbonyl (C=O) groups excluding carboxylic acids is 3. The summed E-state index contributed by atoms with van der Waals surface area (Å²) < 4.78 is 5.37. The van der Waals surface area contributed by atoms with Crippen molar-refractivity contribution < 1.29 is 19.1 Å². The molecule has 2 unspecified atom stereocenters. The molecule has 0 fully saturated rings. The standard InChI is InChI=1S/C32H47N3O4/c1-8-10-11-12-15-22-35(30(37)24(4)33-31(38)39-32(5,6)7)28(26-20-18-25(9-2)19-21-26)29(36)34-27-17-14-13-16-23(27)3/h13-14,16-21,24,28H,8-12,15,22H2,1-7H3,(H,33,38)(H,34,36). The molecule has 0 saturated carbocycles. The summed E-state index contributed by atoms with van der Waals surface area (Å²) in [7, 11) is 0. The number of ether oxygens (including phenoxy) is 1. The molecule has 0 aliphatic rings. The normalized spacial score (nSPS) is 12.8. The number of nitrogens with zero attached hydrogens (tertiary/aromatic N) is 1. The van der Waals surface area contributed by atoms with Crippen LogP contribution >= 0.6 is 0 Å². The van der Waals surface area contributed by atoms with Crippen LogP contribution in [0.3, 0.4) is 0 Å². The number of alkyl carbamates (subject to hydrolysis) is 1. The molecule has 0 heterocycles. The lowest BCUT2D eigenvalue weighted by Gasteiger charge is -2.34. The van der Waals surface area contributed by atoms with Gasteiger partial charge in [0.25, 0.3) is 5.91 Å². The highest BCUT2D eigenvalue weighted by Gasteiger charge is 2.34. The monoisotopic (exact) mass is 537 g/mol. The van der Waals surface area contributed by atoms with Crippen molar-refractivity contribution in [2.24, 2.45) is 0 Å². The Kier molecular flexibility index (Phi) is 12.5. The molecule has 214 valence electrons. The van der Waals surface area contributed by atoms with Gasteiger partial charge in [-0.1, -0.05) is 82.0 Å². The summed E-state index contributed by atoms with van der Waals surface area (Å²) in [4.78, 5) is 41.9. The molecule has 0 spiro atoms. The predicted octanol–water partition coefficient (Wildman–Crippen LogP) is 6.95. The largest absolute Gasteiger partial charge is 0.444 e. The van der Waals surface area contributed by atoms with Crippen molar-refractivity contribution in [1.29, 1.82) is 0 Å². The molecule has 3 amide bonds. The maximum absolute atomic E-state index is 13.9. The summed E-state index contributed by atoms with van der Waals surface area (Å²) in [6.45, 7) is 13.5. The Balaban J connectivity index is 2.43. The van der Waals surface area contributed by atoms with E-state index >= 15 is 0 Å². The van der Waals surface area contributed by atoms with Crippen LogP contribution in [0.1, 0.15) is 96.4 Å². The zero-order valence-corrected chi connectivity index (χ0v) is 24.8. The van der Waals surface area contributed by atoms with Crippen molar-refractivity contribution >= 4 is 23.6 Å². The van der Waals surface area contributed by atoms with Gasteiger partial charge in [-0.3, -0.25) is 9.59 Å². The summed E-state index contributed by atoms with van der Waals surface area (Å²) in [6.07, 6.45) is 5.22. The third-order valence-electron chi connectivity index (χ3n) is 6.56. The zero-order valence-electron chi connectivity index (χ0n) is 24.8. The highest BCUT2D eigenvalue weighted by atomic mass is 16.6. The topological polar surface area (TPSA) is 87.7 Å². The van der Waals surface area contributed by atoms with Gasteiger partial charge in [0.15, 0.2) is 0 Å². The van der Waals surface area contributed by atoms with Gasteiger partial charge in [0.1, 0.15) is 17.7 Å². The second-order valence-corrected chi connectivity index (χ2v) is 11.1. The van der Waals surface area contributed by atoms with Crippen LogP contribution in [0.25, 0.3) is 0 Å². The van der Waals surface area contributed by atoms with Gasteiger partial charge in [0.2, 0.25) is 5.91 Å². The maximum atomic E-state index is 13.9. The summed E-state index contributed by atoms with van der Waals surface area (Å²) in [5, 5.41) is 5.72. The van der Waals surface area contributed by atoms with E-state index in [1.807, 2.05) is 55.5 Å². The van der Waals surface area contributed by atoms with Gasteiger partial charge in [-0.15, -0.1) is 0 Å². The zero-order chi connectivity index (χ0) is 29.0. The molecule has 2 N–H and O–H groups in total. The number of unbranched alkanes of at least 4 members (excludes halogenated alkanes) is 4. The van der Waals surface area contributed by atoms with Gasteiger partial charge in [0.05, 0.1) is 0 Å². The first kappa shape index (κ1) is 31.9. The number of hydrogen-bond donors (Lipinski definition) is 2. The number of rotatable bonds is 13. The molecular formula is C32H47N3O4. The van der Waals surface area contributed by atoms with Gasteiger partial charge in [-0.25, -0.2) is 4.79 Å². The fourth-order valence-electron chi connectivity index (χ4n) is 4.37. The summed E-state index contributed by atoms with van der Waals surface area (Å²) in [5.74, 6) is -0.624. The fourth-order valence-corrected chi connectivity index (χ4v) is 4.37. The summed E-state index contributed by atoms with van der Waals surface area (Å²) in [5.41, 5.74) is 2.82. The Morgan fingerprint density at radius 2 is 1.56 bits per heavy atom. The van der Waals surface area contributed by atoms with Crippen molar-refractivity contribution in [2.45, 2.75) is 105 Å². The molecule has 2 atom stereocenters. The summed E-state index contributed by atoms with van der Waals surface area (Å²) >= 11 is 0. The fraction of sp³-hybridized carbons (Fsp3) is 0.531. The van der Waals surface area contributed by atoms with Crippen LogP contribution < -0.4 is 10.6 Å². The molecule has 39 heavy (non-hydrogen) atoms. The van der Waals surface area contributed by atoms with E-state index in [0.29, 0.717) is 12.2 Å². The Bertz CT molecular complexity index is 1080. The third kappa shape index (κ3) is 10.4. The minimum atomic E-state index is -0.876. The van der Waals surface area contributed by atoms with Crippen LogP contribution in [0.2, 0.25) is 0 Å². The number of aryl methyl sites for hydroxylation is 2. The van der Waals surface area contributed by atoms with Crippen LogP contribution in [0.5, 0.6) is 0 Å². The average Bonchev–Trinajstić information content (AvgIpc) is 2.87. The number of hydrogen-bond acceptors (Lipinski definition) is 4. The number of amides is 3. The second-order valence-electron chi connectivity index (χ2n) is 11.1. The highest BCUT2D eigenvalue weighted by molar-refractivity contribution is 5.99. The van der Waals surface area contributed by atoms with Gasteiger partial charge in [0, 0.05) is 12.2 Å². The van der Waals surface area contributed by atoms with Gasteiger partial charge < -0.3 is 20.3 Å². The molecule has 7 heteroatoms. The van der Waals surface area contributed by atoms with Crippen LogP contribution in [-0.2, 0) is 20.7 Å². The Morgan fingerprint density at radius 3 is 2.15 bits per heavy atom. The van der Waals surface area contributed by atoms with Crippen molar-refractivity contribution in [3.05, 3.63) is 65.2 Å². The maximum Gasteiger partial charge on any atom is 0.408 e. The van der Waals surface area contributed by atoms with E-state index in [-0.39, 0.29) is 11.8 Å². The quantitative estimate of drug-likeness (QED) is 0.271. The first-order chi connectivity index (χ1) is 18.5. The molecule has 0 radical (unpaired) electrons. The van der Waals surface area contributed by atoms with Crippen LogP contribution in [-0.4, -0.2) is 41.0 Å². The van der Waals surface area contributed by atoms with Crippen molar-refractivity contribution in [1.82, 2.24) is 10.2 Å². The van der Waals surface area contributed by atoms with E-state index in [2.05, 4.69) is 24.5 Å². The molecule has 2 aromatic carbocycles. The predicted molar refractivity (Wildman–Crippen MR) is 158 cm³/mol. The number of benzene rings is 2. The number of carbonyl (C=O) groups is 3. The number of anilines is 1. The number of para-hydroxylation sites is 1. The van der Waals surface area contributed by atoms with E-state index in [1.165, 1.54) is 0 Å². The third-order valence-corrected chi connectivity index (χ3v) is 6.56. The lowest BCUT2D eigenvalue weighted by atomic mass is 9.99. The van der Waals surface area contributed by atoms with Crippen molar-refractivity contribution in [3.63, 3.8) is 0 Å². The van der Waals surface area contributed by atoms with E-state index < -0.39 is 23.8 Å². The minimum absolute atomic E-state index is 0.292. The number of nitrogens with one attached hydrogen (secondary N) is 2. The van der Waals surface area contributed by atoms with Gasteiger partial charge >= 0.3 is 6.09 Å². The van der Waals surface area contributed by atoms with E-state index in [1.54, 1.807) is 32.6 Å². The second kappa shape index (κ2) is 15.3. The average molecular weight is 538 g/mol. The lowest BCUT2D eigenvalue weighted by Crippen LogP contribution is -2.51. The van der Waals surface area contributed by atoms with Crippen molar-refractivity contribution in [3.8, 4) is 0 Å². The first-order valence-electron chi connectivity index (χ1n) is 14.2. The molecule has 2 rings (SSSR count). The van der Waals surface area contributed by atoms with Crippen LogP contribution in [0.15, 0.2) is 48.5 Å². The van der Waals surface area contributed by atoms with Crippen molar-refractivity contribution in [2.75, 3.05) is 11.9 Å². The van der Waals surface area contributed by atoms with E-state index in [4.69, 9.17) is 4.74 Å². The molecule has 7 nitrogen and oxygen atoms in total. The van der Waals surface area contributed by atoms with Crippen LogP contribution in [0.4, 0.5) is 10.5 Å². The first-order valence-corrected chi connectivity index (χ1v) is 14.2. The Morgan fingerprint density at radius 1 is 0.923 bits per heavy atom. The van der Waals surface area contributed by atoms with E-state index in [9.17, 15) is 14.4 Å². The van der Waals surface area contributed by atoms with Crippen LogP contribution in [0, 0.1) is 6.92 Å².